The molecule has 0 spiro atoms. The van der Waals surface area contributed by atoms with E-state index in [0.717, 1.165) is 6.07 Å². The Bertz CT molecular complexity index is 1130. The summed E-state index contributed by atoms with van der Waals surface area (Å²) in [4.78, 5) is 3.02. The van der Waals surface area contributed by atoms with Gasteiger partial charge in [0.1, 0.15) is 4.90 Å². The SMILES string of the molecule is C=C1C(C)=Nc2ccc3c(S(=O)(=O)O)cc(S(=O)(=O)O)cc3c21. The molecule has 2 N–H and O–H groups in total. The fourth-order valence-electron chi connectivity index (χ4n) is 2.57. The molecule has 0 amide bonds. The van der Waals surface area contributed by atoms with Crippen LogP contribution in [0, 0.1) is 0 Å². The van der Waals surface area contributed by atoms with Gasteiger partial charge in [0.15, 0.2) is 0 Å². The van der Waals surface area contributed by atoms with Crippen molar-refractivity contribution >= 4 is 48.0 Å². The molecule has 3 rings (SSSR count). The monoisotopic (exact) mass is 353 g/mol. The fraction of sp³-hybridized carbons (Fsp3) is 0.0714. The van der Waals surface area contributed by atoms with Gasteiger partial charge < -0.3 is 0 Å². The molecule has 0 bridgehead atoms. The normalized spacial score (nSPS) is 14.9. The Hall–Kier alpha value is -2.07. The Morgan fingerprint density at radius 2 is 1.65 bits per heavy atom. The van der Waals surface area contributed by atoms with Crippen molar-refractivity contribution in [3.8, 4) is 0 Å². The zero-order chi connectivity index (χ0) is 17.2. The van der Waals surface area contributed by atoms with E-state index in [1.165, 1.54) is 6.07 Å². The minimum absolute atomic E-state index is 0.115. The number of hydrogen-bond donors (Lipinski definition) is 2. The van der Waals surface area contributed by atoms with Crippen LogP contribution in [0.25, 0.3) is 16.3 Å². The first kappa shape index (κ1) is 15.8. The average Bonchev–Trinajstić information content (AvgIpc) is 2.71. The third-order valence-corrected chi connectivity index (χ3v) is 5.38. The molecule has 1 heterocycles. The van der Waals surface area contributed by atoms with Gasteiger partial charge in [-0.3, -0.25) is 14.1 Å². The Morgan fingerprint density at radius 1 is 1.00 bits per heavy atom. The van der Waals surface area contributed by atoms with Gasteiger partial charge in [0.05, 0.1) is 10.6 Å². The summed E-state index contributed by atoms with van der Waals surface area (Å²) >= 11 is 0. The molecule has 23 heavy (non-hydrogen) atoms. The average molecular weight is 353 g/mol. The Labute approximate surface area is 132 Å². The van der Waals surface area contributed by atoms with Crippen LogP contribution >= 0.6 is 0 Å². The van der Waals surface area contributed by atoms with Crippen molar-refractivity contribution in [2.75, 3.05) is 0 Å². The molecule has 120 valence electrons. The number of aliphatic imine (C=N–C) groups is 1. The van der Waals surface area contributed by atoms with Crippen molar-refractivity contribution in [2.45, 2.75) is 16.7 Å². The van der Waals surface area contributed by atoms with Crippen molar-refractivity contribution in [1.29, 1.82) is 0 Å². The van der Waals surface area contributed by atoms with Gasteiger partial charge in [0.25, 0.3) is 20.2 Å². The molecule has 2 aromatic carbocycles. The second-order valence-electron chi connectivity index (χ2n) is 5.10. The summed E-state index contributed by atoms with van der Waals surface area (Å²) in [6.07, 6.45) is 0. The zero-order valence-electron chi connectivity index (χ0n) is 11.8. The van der Waals surface area contributed by atoms with Gasteiger partial charge in [-0.2, -0.15) is 16.8 Å². The predicted molar refractivity (Wildman–Crippen MR) is 85.4 cm³/mol. The lowest BCUT2D eigenvalue weighted by Gasteiger charge is -2.11. The molecule has 1 aliphatic rings. The third-order valence-electron chi connectivity index (χ3n) is 3.65. The number of hydrogen-bond acceptors (Lipinski definition) is 5. The van der Waals surface area contributed by atoms with Gasteiger partial charge in [-0.25, -0.2) is 0 Å². The molecule has 0 aliphatic carbocycles. The highest BCUT2D eigenvalue weighted by molar-refractivity contribution is 7.86. The number of fused-ring (bicyclic) bond motifs is 3. The Balaban J connectivity index is 2.55. The number of rotatable bonds is 2. The predicted octanol–water partition coefficient (Wildman–Crippen LogP) is 2.45. The number of nitrogens with zero attached hydrogens (tertiary/aromatic N) is 1. The highest BCUT2D eigenvalue weighted by Gasteiger charge is 2.25. The summed E-state index contributed by atoms with van der Waals surface area (Å²) in [6, 6.07) is 4.82. The third kappa shape index (κ3) is 2.47. The van der Waals surface area contributed by atoms with Crippen molar-refractivity contribution in [2.24, 2.45) is 4.99 Å². The topological polar surface area (TPSA) is 121 Å². The van der Waals surface area contributed by atoms with Crippen LogP contribution in [0.2, 0.25) is 0 Å². The van der Waals surface area contributed by atoms with E-state index in [-0.39, 0.29) is 10.8 Å². The summed E-state index contributed by atoms with van der Waals surface area (Å²) in [5, 5.41) is 0.334. The van der Waals surface area contributed by atoms with Gasteiger partial charge in [0.2, 0.25) is 0 Å². The summed E-state index contributed by atoms with van der Waals surface area (Å²) in [5.41, 5.74) is 2.10. The maximum absolute atomic E-state index is 11.6. The molecule has 0 saturated heterocycles. The quantitative estimate of drug-likeness (QED) is 0.800. The van der Waals surface area contributed by atoms with E-state index >= 15 is 0 Å². The van der Waals surface area contributed by atoms with E-state index in [1.807, 2.05) is 0 Å². The Morgan fingerprint density at radius 3 is 2.22 bits per heavy atom. The fourth-order valence-corrected chi connectivity index (χ4v) is 3.91. The first-order valence-electron chi connectivity index (χ1n) is 6.31. The summed E-state index contributed by atoms with van der Waals surface area (Å²) < 4.78 is 64.7. The molecule has 2 aromatic rings. The van der Waals surface area contributed by atoms with Gasteiger partial charge in [0, 0.05) is 16.7 Å². The van der Waals surface area contributed by atoms with E-state index in [2.05, 4.69) is 11.6 Å². The molecule has 0 aromatic heterocycles. The maximum Gasteiger partial charge on any atom is 0.295 e. The van der Waals surface area contributed by atoms with Crippen LogP contribution in [-0.2, 0) is 20.2 Å². The number of benzene rings is 2. The van der Waals surface area contributed by atoms with E-state index in [1.54, 1.807) is 13.0 Å². The van der Waals surface area contributed by atoms with Crippen LogP contribution < -0.4 is 0 Å². The number of allylic oxidation sites excluding steroid dienone is 1. The van der Waals surface area contributed by atoms with E-state index < -0.39 is 30.0 Å². The van der Waals surface area contributed by atoms with Gasteiger partial charge >= 0.3 is 0 Å². The lowest BCUT2D eigenvalue weighted by molar-refractivity contribution is 0.482. The van der Waals surface area contributed by atoms with Crippen molar-refractivity contribution in [3.63, 3.8) is 0 Å². The van der Waals surface area contributed by atoms with Crippen LogP contribution in [0.3, 0.4) is 0 Å². The zero-order valence-corrected chi connectivity index (χ0v) is 13.4. The molecule has 0 unspecified atom stereocenters. The molecule has 0 saturated carbocycles. The van der Waals surface area contributed by atoms with Crippen molar-refractivity contribution in [3.05, 3.63) is 36.4 Å². The molecule has 0 fully saturated rings. The van der Waals surface area contributed by atoms with E-state index in [0.29, 0.717) is 28.6 Å². The molecular formula is C14H11NO6S2. The first-order chi connectivity index (χ1) is 10.5. The molecular weight excluding hydrogens is 342 g/mol. The molecule has 0 radical (unpaired) electrons. The largest absolute Gasteiger partial charge is 0.295 e. The second kappa shape index (κ2) is 4.71. The maximum atomic E-state index is 11.6. The minimum Gasteiger partial charge on any atom is -0.282 e. The smallest absolute Gasteiger partial charge is 0.282 e. The summed E-state index contributed by atoms with van der Waals surface area (Å²) in [5.74, 6) is 0. The molecule has 0 atom stereocenters. The lowest BCUT2D eigenvalue weighted by Crippen LogP contribution is -2.05. The van der Waals surface area contributed by atoms with Crippen LogP contribution in [0.1, 0.15) is 12.5 Å². The van der Waals surface area contributed by atoms with Crippen LogP contribution in [-0.4, -0.2) is 31.7 Å². The highest BCUT2D eigenvalue weighted by Crippen LogP contribution is 2.41. The lowest BCUT2D eigenvalue weighted by atomic mass is 9.98. The van der Waals surface area contributed by atoms with Crippen LogP contribution in [0.15, 0.2) is 45.6 Å². The highest BCUT2D eigenvalue weighted by atomic mass is 32.2. The molecule has 7 nitrogen and oxygen atoms in total. The summed E-state index contributed by atoms with van der Waals surface area (Å²) in [6.45, 7) is 5.57. The minimum atomic E-state index is -4.70. The van der Waals surface area contributed by atoms with Gasteiger partial charge in [-0.1, -0.05) is 12.6 Å². The van der Waals surface area contributed by atoms with E-state index in [4.69, 9.17) is 0 Å². The standard InChI is InChI=1S/C14H11NO6S2/c1-7-8(2)15-12-4-3-10-11(14(7)12)5-9(22(16,17)18)6-13(10)23(19,20)21/h3-6H,1H2,2H3,(H,16,17,18)(H,19,20,21). The first-order valence-corrected chi connectivity index (χ1v) is 9.19. The van der Waals surface area contributed by atoms with Gasteiger partial charge in [-0.05, 0) is 36.1 Å². The van der Waals surface area contributed by atoms with Crippen molar-refractivity contribution in [1.82, 2.24) is 0 Å². The molecule has 9 heteroatoms. The van der Waals surface area contributed by atoms with Gasteiger partial charge in [-0.15, -0.1) is 0 Å². The van der Waals surface area contributed by atoms with Crippen molar-refractivity contribution < 1.29 is 25.9 Å². The Kier molecular flexibility index (Phi) is 3.24. The van der Waals surface area contributed by atoms with E-state index in [9.17, 15) is 25.9 Å². The summed E-state index contributed by atoms with van der Waals surface area (Å²) in [7, 11) is -9.37. The molecule has 1 aliphatic heterocycles. The van der Waals surface area contributed by atoms with Crippen LogP contribution in [0.4, 0.5) is 5.69 Å². The van der Waals surface area contributed by atoms with Crippen LogP contribution in [0.5, 0.6) is 0 Å². The second-order valence-corrected chi connectivity index (χ2v) is 7.91.